The summed E-state index contributed by atoms with van der Waals surface area (Å²) in [7, 11) is 0. The molecule has 1 radical (unpaired) electrons. The molecule has 1 heterocycles. The molecule has 3 N–H and O–H groups in total. The third-order valence-electron chi connectivity index (χ3n) is 3.65. The van der Waals surface area contributed by atoms with Gasteiger partial charge >= 0.3 is 0 Å². The number of fused-ring (bicyclic) bond motifs is 1. The molecule has 0 unspecified atom stereocenters. The molecule has 3 rings (SSSR count). The van der Waals surface area contributed by atoms with Crippen molar-refractivity contribution in [3.63, 3.8) is 0 Å². The average molecular weight is 336 g/mol. The lowest BCUT2D eigenvalue weighted by atomic mass is 10.1. The lowest BCUT2D eigenvalue weighted by molar-refractivity contribution is -0.113. The van der Waals surface area contributed by atoms with Crippen molar-refractivity contribution in [1.82, 2.24) is 4.98 Å². The summed E-state index contributed by atoms with van der Waals surface area (Å²) in [5.41, 5.74) is 7.03. The normalized spacial score (nSPS) is 10.6. The topological polar surface area (TPSA) is 85.1 Å². The Morgan fingerprint density at radius 3 is 2.56 bits per heavy atom. The Labute approximate surface area is 143 Å². The number of para-hydroxylation sites is 1. The van der Waals surface area contributed by atoms with Gasteiger partial charge in [0.1, 0.15) is 5.82 Å². The number of nitrogens with zero attached hydrogens (tertiary/aromatic N) is 1. The summed E-state index contributed by atoms with van der Waals surface area (Å²) in [5, 5.41) is 3.41. The quantitative estimate of drug-likeness (QED) is 0.751. The van der Waals surface area contributed by atoms with Crippen molar-refractivity contribution in [2.24, 2.45) is 5.73 Å². The van der Waals surface area contributed by atoms with E-state index >= 15 is 0 Å². The molecule has 0 spiro atoms. The fourth-order valence-electron chi connectivity index (χ4n) is 2.41. The highest BCUT2D eigenvalue weighted by molar-refractivity contribution is 6.06. The van der Waals surface area contributed by atoms with Crippen LogP contribution in [-0.4, -0.2) is 16.8 Å². The second-order valence-electron chi connectivity index (χ2n) is 5.47. The van der Waals surface area contributed by atoms with Gasteiger partial charge in [0, 0.05) is 5.39 Å². The van der Waals surface area contributed by atoms with Crippen LogP contribution >= 0.6 is 0 Å². The van der Waals surface area contributed by atoms with Gasteiger partial charge in [0.2, 0.25) is 5.91 Å². The van der Waals surface area contributed by atoms with E-state index in [4.69, 9.17) is 5.73 Å². The van der Waals surface area contributed by atoms with Gasteiger partial charge in [0.25, 0.3) is 5.91 Å². The minimum Gasteiger partial charge on any atom is -0.364 e. The molecule has 5 nitrogen and oxygen atoms in total. The molecule has 2 amide bonds. The predicted molar refractivity (Wildman–Crippen MR) is 93.3 cm³/mol. The van der Waals surface area contributed by atoms with Gasteiger partial charge in [-0.1, -0.05) is 30.3 Å². The molecule has 25 heavy (non-hydrogen) atoms. The first kappa shape index (κ1) is 16.6. The second-order valence-corrected chi connectivity index (χ2v) is 5.47. The van der Waals surface area contributed by atoms with Gasteiger partial charge in [-0.25, -0.2) is 9.37 Å². The lowest BCUT2D eigenvalue weighted by Crippen LogP contribution is -2.20. The Bertz CT molecular complexity index is 939. The van der Waals surface area contributed by atoms with Crippen LogP contribution in [0.2, 0.25) is 0 Å². The number of hydrogen-bond acceptors (Lipinski definition) is 3. The van der Waals surface area contributed by atoms with Gasteiger partial charge in [-0.15, -0.1) is 0 Å². The number of carbonyl (C=O) groups excluding carboxylic acids is 2. The molecule has 1 aromatic heterocycles. The highest BCUT2D eigenvalue weighted by Gasteiger charge is 2.14. The van der Waals surface area contributed by atoms with Crippen LogP contribution in [0, 0.1) is 12.2 Å². The summed E-state index contributed by atoms with van der Waals surface area (Å²) in [6, 6.07) is 14.7. The predicted octanol–water partition coefficient (Wildman–Crippen LogP) is 2.86. The standard InChI is InChI=1S/C19H15FN3O2/c20-14-8-5-12(6-9-14)7-10-17(24)22-16-11-13-3-1-2-4-15(13)23-18(16)19(21)25/h1-6,8-11H,7H2,(H2,21,25)(H,22,24). The van der Waals surface area contributed by atoms with Crippen molar-refractivity contribution in [3.05, 3.63) is 78.1 Å². The summed E-state index contributed by atoms with van der Waals surface area (Å²) in [4.78, 5) is 28.0. The highest BCUT2D eigenvalue weighted by atomic mass is 19.1. The third-order valence-corrected chi connectivity index (χ3v) is 3.65. The summed E-state index contributed by atoms with van der Waals surface area (Å²) >= 11 is 0. The first-order valence-corrected chi connectivity index (χ1v) is 7.61. The number of aromatic nitrogens is 1. The number of hydrogen-bond donors (Lipinski definition) is 2. The van der Waals surface area contributed by atoms with Gasteiger partial charge in [0.05, 0.1) is 17.6 Å². The number of anilines is 1. The van der Waals surface area contributed by atoms with Crippen LogP contribution in [0.15, 0.2) is 54.6 Å². The van der Waals surface area contributed by atoms with E-state index in [0.29, 0.717) is 11.9 Å². The fraction of sp³-hybridized carbons (Fsp3) is 0.0526. The van der Waals surface area contributed by atoms with E-state index < -0.39 is 11.8 Å². The van der Waals surface area contributed by atoms with Crippen molar-refractivity contribution < 1.29 is 14.0 Å². The van der Waals surface area contributed by atoms with Crippen molar-refractivity contribution in [2.45, 2.75) is 6.42 Å². The van der Waals surface area contributed by atoms with Gasteiger partial charge in [-0.05, 0) is 36.2 Å². The Balaban J connectivity index is 1.76. The zero-order chi connectivity index (χ0) is 17.8. The summed E-state index contributed by atoms with van der Waals surface area (Å²) < 4.78 is 12.9. The molecule has 125 valence electrons. The molecule has 6 heteroatoms. The van der Waals surface area contributed by atoms with Gasteiger partial charge < -0.3 is 11.1 Å². The Morgan fingerprint density at radius 1 is 1.12 bits per heavy atom. The van der Waals surface area contributed by atoms with E-state index in [1.54, 1.807) is 30.3 Å². The molecule has 0 bridgehead atoms. The maximum Gasteiger partial charge on any atom is 0.269 e. The number of carbonyl (C=O) groups is 2. The van der Waals surface area contributed by atoms with E-state index in [0.717, 1.165) is 10.9 Å². The molecule has 0 fully saturated rings. The molecule has 0 atom stereocenters. The van der Waals surface area contributed by atoms with Crippen LogP contribution in [0.25, 0.3) is 10.9 Å². The SMILES string of the molecule is NC(=O)c1nc2ccccc2cc1NC(=O)[CH]Cc1ccc(F)cc1. The van der Waals surface area contributed by atoms with Crippen LogP contribution < -0.4 is 11.1 Å². The van der Waals surface area contributed by atoms with Crippen LogP contribution in [0.3, 0.4) is 0 Å². The number of pyridine rings is 1. The third kappa shape index (κ3) is 3.98. The van der Waals surface area contributed by atoms with Crippen molar-refractivity contribution in [1.29, 1.82) is 0 Å². The van der Waals surface area contributed by atoms with Crippen LogP contribution in [0.5, 0.6) is 0 Å². The monoisotopic (exact) mass is 336 g/mol. The Hall–Kier alpha value is -3.28. The molecule has 3 aromatic rings. The average Bonchev–Trinajstić information content (AvgIpc) is 2.60. The molecule has 0 aliphatic rings. The van der Waals surface area contributed by atoms with Crippen LogP contribution in [0.4, 0.5) is 10.1 Å². The molecule has 0 aliphatic carbocycles. The minimum atomic E-state index is -0.723. The summed E-state index contributed by atoms with van der Waals surface area (Å²) in [6.07, 6.45) is 1.74. The maximum atomic E-state index is 12.9. The zero-order valence-electron chi connectivity index (χ0n) is 13.2. The van der Waals surface area contributed by atoms with Crippen molar-refractivity contribution in [2.75, 3.05) is 5.32 Å². The summed E-state index contributed by atoms with van der Waals surface area (Å²) in [5.74, 6) is -1.45. The second kappa shape index (κ2) is 7.09. The van der Waals surface area contributed by atoms with E-state index in [1.807, 2.05) is 12.1 Å². The van der Waals surface area contributed by atoms with Crippen molar-refractivity contribution in [3.8, 4) is 0 Å². The number of rotatable bonds is 5. The van der Waals surface area contributed by atoms with E-state index in [2.05, 4.69) is 10.3 Å². The van der Waals surface area contributed by atoms with Crippen LogP contribution in [-0.2, 0) is 11.2 Å². The number of nitrogens with one attached hydrogen (secondary N) is 1. The van der Waals surface area contributed by atoms with Crippen molar-refractivity contribution >= 4 is 28.4 Å². The smallest absolute Gasteiger partial charge is 0.269 e. The molecular formula is C19H15FN3O2. The Kier molecular flexibility index (Phi) is 4.70. The number of benzene rings is 2. The molecular weight excluding hydrogens is 321 g/mol. The molecule has 2 aromatic carbocycles. The van der Waals surface area contributed by atoms with Crippen LogP contribution in [0.1, 0.15) is 16.1 Å². The number of nitrogens with two attached hydrogens (primary N) is 1. The molecule has 0 saturated carbocycles. The largest absolute Gasteiger partial charge is 0.364 e. The summed E-state index contributed by atoms with van der Waals surface area (Å²) in [6.45, 7) is 0. The highest BCUT2D eigenvalue weighted by Crippen LogP contribution is 2.21. The van der Waals surface area contributed by atoms with Gasteiger partial charge in [-0.3, -0.25) is 9.59 Å². The number of amides is 2. The first-order chi connectivity index (χ1) is 12.0. The fourth-order valence-corrected chi connectivity index (χ4v) is 2.41. The van der Waals surface area contributed by atoms with Gasteiger partial charge in [0.15, 0.2) is 5.69 Å². The number of halogens is 1. The minimum absolute atomic E-state index is 0.00207. The first-order valence-electron chi connectivity index (χ1n) is 7.61. The molecule has 0 saturated heterocycles. The van der Waals surface area contributed by atoms with E-state index in [9.17, 15) is 14.0 Å². The van der Waals surface area contributed by atoms with E-state index in [-0.39, 0.29) is 17.2 Å². The maximum absolute atomic E-state index is 12.9. The number of primary amides is 1. The zero-order valence-corrected chi connectivity index (χ0v) is 13.2. The Morgan fingerprint density at radius 2 is 1.84 bits per heavy atom. The van der Waals surface area contributed by atoms with Gasteiger partial charge in [-0.2, -0.15) is 0 Å². The molecule has 0 aliphatic heterocycles. The van der Waals surface area contributed by atoms with E-state index in [1.165, 1.54) is 18.6 Å². The lowest BCUT2D eigenvalue weighted by Gasteiger charge is -2.10.